The van der Waals surface area contributed by atoms with Gasteiger partial charge in [-0.05, 0) is 12.8 Å². The minimum absolute atomic E-state index is 0.0388. The van der Waals surface area contributed by atoms with Crippen LogP contribution in [0.3, 0.4) is 0 Å². The Morgan fingerprint density at radius 1 is 0.848 bits per heavy atom. The van der Waals surface area contributed by atoms with E-state index in [-0.39, 0.29) is 24.2 Å². The number of anilines is 3. The van der Waals surface area contributed by atoms with E-state index in [2.05, 4.69) is 25.5 Å². The lowest BCUT2D eigenvalue weighted by atomic mass is 10.0. The molecule has 5 atom stereocenters. The first-order valence-electron chi connectivity index (χ1n) is 12.0. The highest BCUT2D eigenvalue weighted by atomic mass is 16.3. The molecule has 0 radical (unpaired) electrons. The first-order valence-corrected chi connectivity index (χ1v) is 12.0. The van der Waals surface area contributed by atoms with Crippen LogP contribution in [0.1, 0.15) is 12.8 Å². The van der Waals surface area contributed by atoms with Crippen molar-refractivity contribution >= 4 is 17.8 Å². The number of nitrogens with one attached hydrogen (secondary N) is 2. The topological polar surface area (TPSA) is 197 Å². The first-order chi connectivity index (χ1) is 15.9. The molecule has 4 heterocycles. The van der Waals surface area contributed by atoms with E-state index in [1.807, 2.05) is 9.80 Å². The van der Waals surface area contributed by atoms with Crippen LogP contribution in [0, 0.1) is 0 Å². The molecule has 0 amide bonds. The van der Waals surface area contributed by atoms with Crippen LogP contribution in [-0.4, -0.2) is 121 Å². The molecule has 3 fully saturated rings. The van der Waals surface area contributed by atoms with Crippen LogP contribution in [0.5, 0.6) is 0 Å². The maximum Gasteiger partial charge on any atom is 0.232 e. The Hall–Kier alpha value is -1.87. The molecule has 11 N–H and O–H groups in total. The van der Waals surface area contributed by atoms with Crippen molar-refractivity contribution in [2.45, 2.75) is 43.1 Å². The van der Waals surface area contributed by atoms with E-state index in [0.29, 0.717) is 57.1 Å². The third-order valence-electron chi connectivity index (χ3n) is 6.38. The van der Waals surface area contributed by atoms with Gasteiger partial charge in [-0.2, -0.15) is 15.0 Å². The number of piperidine rings is 2. The Balaban J connectivity index is 1.49. The molecule has 186 valence electrons. The van der Waals surface area contributed by atoms with Gasteiger partial charge >= 0.3 is 0 Å². The summed E-state index contributed by atoms with van der Waals surface area (Å²) in [6.45, 7) is 7.20. The van der Waals surface area contributed by atoms with Gasteiger partial charge in [0.15, 0.2) is 0 Å². The number of nitrogens with two attached hydrogens (primary N) is 4. The number of piperazine rings is 1. The molecular weight excluding hydrogens is 424 g/mol. The van der Waals surface area contributed by atoms with Crippen LogP contribution >= 0.6 is 0 Å². The summed E-state index contributed by atoms with van der Waals surface area (Å²) in [5.74, 6) is 1.46. The van der Waals surface area contributed by atoms with Gasteiger partial charge in [-0.25, -0.2) is 0 Å². The minimum atomic E-state index is -0.541. The molecule has 0 spiro atoms. The van der Waals surface area contributed by atoms with Crippen LogP contribution in [0.15, 0.2) is 0 Å². The summed E-state index contributed by atoms with van der Waals surface area (Å²) in [5.41, 5.74) is 24.8. The second-order valence-electron chi connectivity index (χ2n) is 9.67. The molecule has 1 unspecified atom stereocenters. The van der Waals surface area contributed by atoms with Crippen molar-refractivity contribution < 1.29 is 5.11 Å². The number of aliphatic hydroxyl groups is 1. The third kappa shape index (κ3) is 6.82. The molecule has 0 bridgehead atoms. The van der Waals surface area contributed by atoms with Gasteiger partial charge in [0.25, 0.3) is 0 Å². The van der Waals surface area contributed by atoms with E-state index in [0.717, 1.165) is 39.0 Å². The number of rotatable bonds is 7. The lowest BCUT2D eigenvalue weighted by molar-refractivity contribution is 0.114. The summed E-state index contributed by atoms with van der Waals surface area (Å²) >= 11 is 0. The second-order valence-corrected chi connectivity index (χ2v) is 9.67. The van der Waals surface area contributed by atoms with Gasteiger partial charge in [0.2, 0.25) is 17.8 Å². The molecule has 1 aromatic heterocycles. The van der Waals surface area contributed by atoms with Crippen molar-refractivity contribution in [3.8, 4) is 0 Å². The van der Waals surface area contributed by atoms with Crippen LogP contribution in [0.2, 0.25) is 0 Å². The first kappa shape index (κ1) is 24.3. The zero-order valence-electron chi connectivity index (χ0n) is 19.3. The molecule has 3 aliphatic heterocycles. The Morgan fingerprint density at radius 3 is 1.82 bits per heavy atom. The summed E-state index contributed by atoms with van der Waals surface area (Å²) < 4.78 is 0. The fraction of sp³-hybridized carbons (Fsp3) is 0.850. The van der Waals surface area contributed by atoms with Crippen LogP contribution < -0.4 is 43.4 Å². The van der Waals surface area contributed by atoms with Gasteiger partial charge in [0.1, 0.15) is 0 Å². The Labute approximate surface area is 195 Å². The molecule has 0 aliphatic carbocycles. The SMILES string of the molecule is N[C@@H]1C[C@H](N)CN(c2nc(NCC(O)CN3CCNCC3)nc(N3C[C@H](N)C[C@H](N)C3)n2)C1. The molecule has 4 rings (SSSR count). The third-order valence-corrected chi connectivity index (χ3v) is 6.38. The number of hydrogen-bond donors (Lipinski definition) is 7. The van der Waals surface area contributed by atoms with E-state index < -0.39 is 6.10 Å². The molecule has 3 saturated heterocycles. The predicted molar refractivity (Wildman–Crippen MR) is 129 cm³/mol. The van der Waals surface area contributed by atoms with Crippen molar-refractivity contribution in [2.75, 3.05) is 80.6 Å². The zero-order valence-corrected chi connectivity index (χ0v) is 19.3. The number of aliphatic hydroxyl groups excluding tert-OH is 1. The maximum atomic E-state index is 10.6. The Kier molecular flexibility index (Phi) is 8.11. The average Bonchev–Trinajstić information content (AvgIpc) is 2.77. The summed E-state index contributed by atoms with van der Waals surface area (Å²) in [4.78, 5) is 20.3. The fourth-order valence-corrected chi connectivity index (χ4v) is 4.87. The van der Waals surface area contributed by atoms with E-state index in [1.165, 1.54) is 0 Å². The average molecular weight is 465 g/mol. The zero-order chi connectivity index (χ0) is 23.4. The lowest BCUT2D eigenvalue weighted by Gasteiger charge is -2.37. The maximum absolute atomic E-state index is 10.6. The number of aromatic nitrogens is 3. The molecule has 1 aromatic rings. The predicted octanol–water partition coefficient (Wildman–Crippen LogP) is -3.72. The standard InChI is InChI=1S/C20H40N12O/c21-13-5-14(22)9-31(8-13)19-27-18(26-7-17(33)12-30-3-1-25-2-4-30)28-20(29-19)32-10-15(23)6-16(24)11-32/h13-17,25,33H,1-12,21-24H2,(H,26,27,28,29)/t13-,14+,15-,16+,17?. The number of β-amino-alcohol motifs (C(OH)–C–C–N with tert-alkyl or cyclic N) is 1. The summed E-state index contributed by atoms with van der Waals surface area (Å²) in [6, 6.07) is -0.155. The Morgan fingerprint density at radius 2 is 1.33 bits per heavy atom. The molecule has 33 heavy (non-hydrogen) atoms. The van der Waals surface area contributed by atoms with Crippen molar-refractivity contribution in [2.24, 2.45) is 22.9 Å². The van der Waals surface area contributed by atoms with Crippen LogP contribution in [0.4, 0.5) is 17.8 Å². The molecule has 13 nitrogen and oxygen atoms in total. The highest BCUT2D eigenvalue weighted by Crippen LogP contribution is 2.22. The lowest BCUT2D eigenvalue weighted by Crippen LogP contribution is -2.54. The monoisotopic (exact) mass is 464 g/mol. The smallest absolute Gasteiger partial charge is 0.232 e. The summed E-state index contributed by atoms with van der Waals surface area (Å²) in [6.07, 6.45) is 1.00. The van der Waals surface area contributed by atoms with Crippen LogP contribution in [-0.2, 0) is 0 Å². The molecular formula is C20H40N12O. The van der Waals surface area contributed by atoms with Crippen molar-refractivity contribution in [1.29, 1.82) is 0 Å². The van der Waals surface area contributed by atoms with Crippen molar-refractivity contribution in [1.82, 2.24) is 25.2 Å². The highest BCUT2D eigenvalue weighted by molar-refractivity contribution is 5.46. The van der Waals surface area contributed by atoms with Crippen molar-refractivity contribution in [3.63, 3.8) is 0 Å². The van der Waals surface area contributed by atoms with E-state index >= 15 is 0 Å². The van der Waals surface area contributed by atoms with Gasteiger partial charge in [-0.15, -0.1) is 0 Å². The van der Waals surface area contributed by atoms with Crippen molar-refractivity contribution in [3.05, 3.63) is 0 Å². The van der Waals surface area contributed by atoms with E-state index in [4.69, 9.17) is 27.9 Å². The molecule has 0 saturated carbocycles. The van der Waals surface area contributed by atoms with Crippen LogP contribution in [0.25, 0.3) is 0 Å². The normalized spacial score (nSPS) is 30.3. The number of hydrogen-bond acceptors (Lipinski definition) is 13. The minimum Gasteiger partial charge on any atom is -0.390 e. The number of nitrogens with zero attached hydrogens (tertiary/aromatic N) is 6. The van der Waals surface area contributed by atoms with E-state index in [1.54, 1.807) is 0 Å². The second kappa shape index (κ2) is 11.0. The molecule has 13 heteroatoms. The van der Waals surface area contributed by atoms with Gasteiger partial charge in [0.05, 0.1) is 6.10 Å². The van der Waals surface area contributed by atoms with E-state index in [9.17, 15) is 5.11 Å². The quantitative estimate of drug-likeness (QED) is 0.208. The Bertz CT molecular complexity index is 698. The highest BCUT2D eigenvalue weighted by Gasteiger charge is 2.29. The molecule has 0 aromatic carbocycles. The largest absolute Gasteiger partial charge is 0.390 e. The van der Waals surface area contributed by atoms with Gasteiger partial charge in [0, 0.05) is 89.6 Å². The van der Waals surface area contributed by atoms with Gasteiger partial charge < -0.3 is 48.5 Å². The summed E-state index contributed by atoms with van der Waals surface area (Å²) in [5, 5.41) is 17.1. The van der Waals surface area contributed by atoms with Gasteiger partial charge in [-0.3, -0.25) is 4.90 Å². The van der Waals surface area contributed by atoms with Gasteiger partial charge in [-0.1, -0.05) is 0 Å². The molecule has 3 aliphatic rings. The fourth-order valence-electron chi connectivity index (χ4n) is 4.87. The summed E-state index contributed by atoms with van der Waals surface area (Å²) in [7, 11) is 0.